The summed E-state index contributed by atoms with van der Waals surface area (Å²) >= 11 is 0.918. The second kappa shape index (κ2) is 7.93. The molecule has 1 heterocycles. The van der Waals surface area contributed by atoms with Crippen LogP contribution < -0.4 is 0 Å². The minimum atomic E-state index is -2.79. The Balaban J connectivity index is 1.77. The van der Waals surface area contributed by atoms with Crippen LogP contribution in [0.1, 0.15) is 19.3 Å². The molecular weight excluding hydrogens is 430 g/mol. The van der Waals surface area contributed by atoms with E-state index in [9.17, 15) is 0 Å². The van der Waals surface area contributed by atoms with Crippen LogP contribution in [0.25, 0.3) is 0 Å². The number of rotatable bonds is 6. The molecule has 2 unspecified atom stereocenters. The van der Waals surface area contributed by atoms with Crippen LogP contribution in [0.15, 0.2) is 24.3 Å². The predicted molar refractivity (Wildman–Crippen MR) is 89.6 cm³/mol. The Morgan fingerprint density at radius 2 is 1.84 bits per heavy atom. The second-order valence-electron chi connectivity index (χ2n) is 5.32. The molecule has 0 saturated carbocycles. The van der Waals surface area contributed by atoms with E-state index in [-0.39, 0.29) is 7.92 Å². The molecule has 0 spiro atoms. The quantitative estimate of drug-likeness (QED) is 0.337. The summed E-state index contributed by atoms with van der Waals surface area (Å²) in [5, 5.41) is 0. The van der Waals surface area contributed by atoms with Gasteiger partial charge in [0.1, 0.15) is 0 Å². The van der Waals surface area contributed by atoms with Crippen molar-refractivity contribution < 1.29 is 6.15 Å². The van der Waals surface area contributed by atoms with E-state index in [1.807, 2.05) is 0 Å². The van der Waals surface area contributed by atoms with Gasteiger partial charge in [-0.05, 0) is 0 Å². The summed E-state index contributed by atoms with van der Waals surface area (Å²) in [6.45, 7) is 0. The molecule has 0 radical (unpaired) electrons. The van der Waals surface area contributed by atoms with Crippen molar-refractivity contribution in [2.45, 2.75) is 29.4 Å². The van der Waals surface area contributed by atoms with Crippen LogP contribution in [-0.4, -0.2) is 49.2 Å². The Bertz CT molecular complexity index is 336. The molecule has 0 bridgehead atoms. The van der Waals surface area contributed by atoms with Crippen molar-refractivity contribution in [2.24, 2.45) is 5.92 Å². The Labute approximate surface area is 129 Å². The number of allylic oxidation sites excluding steroid dienone is 4. The van der Waals surface area contributed by atoms with E-state index in [0.29, 0.717) is 0 Å². The van der Waals surface area contributed by atoms with Crippen LogP contribution >= 0.6 is 20.6 Å². The molecule has 0 saturated heterocycles. The monoisotopic (exact) mass is 454 g/mol. The van der Waals surface area contributed by atoms with E-state index in [4.69, 9.17) is 6.15 Å². The number of halogens is 1. The zero-order valence-electron chi connectivity index (χ0n) is 11.8. The third-order valence-corrected chi connectivity index (χ3v) is 19.9. The fourth-order valence-electron chi connectivity index (χ4n) is 2.82. The van der Waals surface area contributed by atoms with Crippen LogP contribution in [0.3, 0.4) is 0 Å². The zero-order valence-corrected chi connectivity index (χ0v) is 17.2. The second-order valence-corrected chi connectivity index (χ2v) is 23.5. The van der Waals surface area contributed by atoms with Gasteiger partial charge in [0.05, 0.1) is 0 Å². The van der Waals surface area contributed by atoms with Gasteiger partial charge in [-0.25, -0.2) is 0 Å². The first kappa shape index (κ1) is 16.5. The van der Waals surface area contributed by atoms with Gasteiger partial charge in [0, 0.05) is 0 Å². The molecule has 0 aromatic rings. The Kier molecular flexibility index (Phi) is 6.88. The van der Waals surface area contributed by atoms with Gasteiger partial charge >= 0.3 is 130 Å². The zero-order chi connectivity index (χ0) is 13.7. The molecule has 2 atom stereocenters. The van der Waals surface area contributed by atoms with Gasteiger partial charge in [-0.3, -0.25) is 0 Å². The van der Waals surface area contributed by atoms with Crippen LogP contribution in [0.2, 0.25) is 4.44 Å². The molecule has 0 aromatic carbocycles. The van der Waals surface area contributed by atoms with Crippen LogP contribution in [0.4, 0.5) is 0 Å². The van der Waals surface area contributed by atoms with Gasteiger partial charge in [0.2, 0.25) is 0 Å². The Hall–Kier alpha value is 1.11. The molecule has 0 amide bonds. The van der Waals surface area contributed by atoms with Crippen molar-refractivity contribution in [3.8, 4) is 0 Å². The average Bonchev–Trinajstić information content (AvgIpc) is 2.99. The summed E-state index contributed by atoms with van der Waals surface area (Å²) in [6.07, 6.45) is 16.4. The van der Waals surface area contributed by atoms with Crippen molar-refractivity contribution in [2.75, 3.05) is 26.5 Å². The summed E-state index contributed by atoms with van der Waals surface area (Å²) in [7, 11) is 3.79. The van der Waals surface area contributed by atoms with Gasteiger partial charge in [0.25, 0.3) is 0 Å². The topological polar surface area (TPSA) is 18.5 Å². The summed E-state index contributed by atoms with van der Waals surface area (Å²) in [6, 6.07) is 0. The van der Waals surface area contributed by atoms with Crippen molar-refractivity contribution in [3.05, 3.63) is 24.3 Å². The molecule has 2 aliphatic rings. The fourth-order valence-corrected chi connectivity index (χ4v) is 10.4. The molecule has 5 heteroatoms. The molecule has 1 aliphatic heterocycles. The van der Waals surface area contributed by atoms with Crippen LogP contribution in [0, 0.1) is 5.92 Å². The molecule has 19 heavy (non-hydrogen) atoms. The normalized spacial score (nSPS) is 28.2. The van der Waals surface area contributed by atoms with E-state index < -0.39 is 17.0 Å². The van der Waals surface area contributed by atoms with Crippen LogP contribution in [0.5, 0.6) is 0 Å². The summed E-state index contributed by atoms with van der Waals surface area (Å²) in [5.41, 5.74) is 0.878. The van der Waals surface area contributed by atoms with E-state index in [0.717, 1.165) is 16.0 Å². The maximum absolute atomic E-state index is 5.56. The Morgan fingerprint density at radius 1 is 1.16 bits per heavy atom. The van der Waals surface area contributed by atoms with E-state index >= 15 is 0 Å². The first-order valence-electron chi connectivity index (χ1n) is 7.03. The molecule has 0 N–H and O–H groups in total. The summed E-state index contributed by atoms with van der Waals surface area (Å²) in [5.74, 6) is 0.737. The molecular formula is C14H24BrO2PSn. The first-order valence-corrected chi connectivity index (χ1v) is 19.6. The molecule has 0 aromatic heterocycles. The maximum atomic E-state index is 5.56. The average molecular weight is 454 g/mol. The van der Waals surface area contributed by atoms with Gasteiger partial charge in [0.15, 0.2) is 0 Å². The van der Waals surface area contributed by atoms with Crippen LogP contribution in [-0.2, 0) is 6.15 Å². The van der Waals surface area contributed by atoms with Gasteiger partial charge in [-0.2, -0.15) is 0 Å². The Morgan fingerprint density at radius 3 is 2.37 bits per heavy atom. The van der Waals surface area contributed by atoms with Crippen molar-refractivity contribution in [3.63, 3.8) is 0 Å². The standard InChI is InChI=1S/C12H18P.2CH3O.BrH.Sn/c1-2-11-5-7-12(8-6-11)13-9-3-4-10-13;2*1-2;;/h3-5,7,11-12H,1-2,6,8-10H2;2*1H3;1H;/q;2*-1;;+3/p-1. The van der Waals surface area contributed by atoms with E-state index in [1.54, 1.807) is 14.2 Å². The molecule has 0 fully saturated rings. The van der Waals surface area contributed by atoms with E-state index in [2.05, 4.69) is 37.0 Å². The number of hydrogen-bond acceptors (Lipinski definition) is 2. The van der Waals surface area contributed by atoms with Crippen molar-refractivity contribution in [1.82, 2.24) is 0 Å². The summed E-state index contributed by atoms with van der Waals surface area (Å²) in [4.78, 5) is 0. The van der Waals surface area contributed by atoms with E-state index in [1.165, 1.54) is 31.6 Å². The molecule has 2 nitrogen and oxygen atoms in total. The van der Waals surface area contributed by atoms with Gasteiger partial charge < -0.3 is 0 Å². The van der Waals surface area contributed by atoms with Crippen molar-refractivity contribution in [1.29, 1.82) is 0 Å². The van der Waals surface area contributed by atoms with Crippen molar-refractivity contribution >= 4 is 37.6 Å². The third kappa shape index (κ3) is 4.81. The minimum absolute atomic E-state index is 0.236. The SMILES string of the molecule is C[O][Sn]([Br])([CH2]CC1C=CC(P2CC=CC2)CC1)[O]C. The molecule has 2 rings (SSSR count). The van der Waals surface area contributed by atoms with Gasteiger partial charge in [-0.1, -0.05) is 0 Å². The molecule has 1 aliphatic carbocycles. The van der Waals surface area contributed by atoms with Gasteiger partial charge in [-0.15, -0.1) is 0 Å². The molecule has 108 valence electrons. The predicted octanol–water partition coefficient (Wildman–Crippen LogP) is 4.39. The fraction of sp³-hybridized carbons (Fsp3) is 0.714. The number of hydrogen-bond donors (Lipinski definition) is 0. The summed E-state index contributed by atoms with van der Waals surface area (Å²) < 4.78 is 12.2. The first-order chi connectivity index (χ1) is 9.17. The third-order valence-electron chi connectivity index (χ3n) is 4.18.